The van der Waals surface area contributed by atoms with Crippen LogP contribution in [0.3, 0.4) is 0 Å². The number of carbonyl (C=O) groups excluding carboxylic acids is 1. The lowest BCUT2D eigenvalue weighted by Gasteiger charge is -2.38. The zero-order valence-electron chi connectivity index (χ0n) is 9.98. The summed E-state index contributed by atoms with van der Waals surface area (Å²) in [5.74, 6) is 0.613. The van der Waals surface area contributed by atoms with Crippen LogP contribution < -0.4 is 5.32 Å². The molecule has 0 aromatic carbocycles. The van der Waals surface area contributed by atoms with Crippen LogP contribution in [0.4, 0.5) is 0 Å². The first-order valence-corrected chi connectivity index (χ1v) is 6.35. The zero-order valence-corrected chi connectivity index (χ0v) is 9.98. The van der Waals surface area contributed by atoms with Gasteiger partial charge in [0.05, 0.1) is 13.2 Å². The van der Waals surface area contributed by atoms with E-state index >= 15 is 0 Å². The minimum Gasteiger partial charge on any atom is -0.395 e. The van der Waals surface area contributed by atoms with Gasteiger partial charge in [0.15, 0.2) is 0 Å². The van der Waals surface area contributed by atoms with E-state index in [1.807, 2.05) is 0 Å². The first-order chi connectivity index (χ1) is 7.70. The number of aliphatic hydroxyl groups excluding tert-OH is 1. The van der Waals surface area contributed by atoms with E-state index in [1.54, 1.807) is 0 Å². The highest BCUT2D eigenvalue weighted by Gasteiger charge is 2.30. The van der Waals surface area contributed by atoms with Crippen molar-refractivity contribution in [2.75, 3.05) is 19.7 Å². The van der Waals surface area contributed by atoms with Gasteiger partial charge in [0.1, 0.15) is 0 Å². The normalized spacial score (nSPS) is 31.4. The van der Waals surface area contributed by atoms with Gasteiger partial charge in [-0.25, -0.2) is 0 Å². The number of likely N-dealkylation sites (tertiary alicyclic amines) is 1. The molecule has 1 saturated heterocycles. The second-order valence-electron chi connectivity index (χ2n) is 5.18. The fraction of sp³-hybridized carbons (Fsp3) is 0.917. The van der Waals surface area contributed by atoms with Crippen molar-refractivity contribution in [1.82, 2.24) is 10.2 Å². The molecule has 0 aromatic heterocycles. The van der Waals surface area contributed by atoms with E-state index in [4.69, 9.17) is 0 Å². The van der Waals surface area contributed by atoms with Crippen molar-refractivity contribution in [3.8, 4) is 0 Å². The SMILES string of the molecule is CC1CCCN(CC(=O)NC2CC2)C1CO. The zero-order chi connectivity index (χ0) is 11.5. The summed E-state index contributed by atoms with van der Waals surface area (Å²) in [5, 5.41) is 12.4. The number of hydrogen-bond donors (Lipinski definition) is 2. The summed E-state index contributed by atoms with van der Waals surface area (Å²) in [6.07, 6.45) is 4.55. The lowest BCUT2D eigenvalue weighted by atomic mass is 9.91. The van der Waals surface area contributed by atoms with Crippen LogP contribution in [-0.4, -0.2) is 47.7 Å². The summed E-state index contributed by atoms with van der Waals surface area (Å²) in [6, 6.07) is 0.598. The number of amides is 1. The number of hydrogen-bond acceptors (Lipinski definition) is 3. The molecule has 0 bridgehead atoms. The predicted octanol–water partition coefficient (Wildman–Crippen LogP) is 0.358. The summed E-state index contributed by atoms with van der Waals surface area (Å²) >= 11 is 0. The number of nitrogens with one attached hydrogen (secondary N) is 1. The van der Waals surface area contributed by atoms with Crippen LogP contribution in [0.5, 0.6) is 0 Å². The van der Waals surface area contributed by atoms with E-state index in [9.17, 15) is 9.90 Å². The molecule has 2 rings (SSSR count). The Labute approximate surface area is 97.0 Å². The van der Waals surface area contributed by atoms with E-state index in [2.05, 4.69) is 17.1 Å². The standard InChI is InChI=1S/C12H22N2O2/c1-9-3-2-6-14(11(9)8-15)7-12(16)13-10-4-5-10/h9-11,15H,2-8H2,1H3,(H,13,16). The number of rotatable bonds is 4. The molecule has 16 heavy (non-hydrogen) atoms. The molecule has 0 radical (unpaired) electrons. The van der Waals surface area contributed by atoms with Gasteiger partial charge in [0.25, 0.3) is 0 Å². The van der Waals surface area contributed by atoms with Crippen molar-refractivity contribution in [3.05, 3.63) is 0 Å². The molecule has 2 aliphatic rings. The molecule has 4 nitrogen and oxygen atoms in total. The number of nitrogens with zero attached hydrogens (tertiary/aromatic N) is 1. The van der Waals surface area contributed by atoms with E-state index in [-0.39, 0.29) is 18.6 Å². The van der Waals surface area contributed by atoms with Crippen LogP contribution in [-0.2, 0) is 4.79 Å². The van der Waals surface area contributed by atoms with Crippen molar-refractivity contribution in [3.63, 3.8) is 0 Å². The molecular weight excluding hydrogens is 204 g/mol. The van der Waals surface area contributed by atoms with Crippen LogP contribution in [0.1, 0.15) is 32.6 Å². The maximum absolute atomic E-state index is 11.7. The molecule has 92 valence electrons. The van der Waals surface area contributed by atoms with E-state index in [1.165, 1.54) is 0 Å². The molecule has 2 unspecified atom stereocenters. The van der Waals surface area contributed by atoms with Crippen molar-refractivity contribution in [2.45, 2.75) is 44.7 Å². The Morgan fingerprint density at radius 2 is 2.19 bits per heavy atom. The minimum atomic E-state index is 0.120. The maximum atomic E-state index is 11.7. The molecule has 1 amide bonds. The van der Waals surface area contributed by atoms with Gasteiger partial charge in [-0.15, -0.1) is 0 Å². The molecule has 2 atom stereocenters. The fourth-order valence-electron chi connectivity index (χ4n) is 2.51. The van der Waals surface area contributed by atoms with Crippen LogP contribution in [0.15, 0.2) is 0 Å². The third-order valence-electron chi connectivity index (χ3n) is 3.71. The molecule has 2 fully saturated rings. The van der Waals surface area contributed by atoms with Crippen LogP contribution in [0, 0.1) is 5.92 Å². The van der Waals surface area contributed by atoms with Gasteiger partial charge in [-0.2, -0.15) is 0 Å². The first-order valence-electron chi connectivity index (χ1n) is 6.35. The second kappa shape index (κ2) is 5.15. The molecule has 1 heterocycles. The molecule has 1 aliphatic heterocycles. The Balaban J connectivity index is 1.83. The summed E-state index contributed by atoms with van der Waals surface area (Å²) in [6.45, 7) is 3.71. The average Bonchev–Trinajstić information content (AvgIpc) is 3.02. The van der Waals surface area contributed by atoms with Crippen molar-refractivity contribution < 1.29 is 9.90 Å². The van der Waals surface area contributed by atoms with Gasteiger partial charge in [0, 0.05) is 12.1 Å². The summed E-state index contributed by atoms with van der Waals surface area (Å²) in [4.78, 5) is 13.8. The summed E-state index contributed by atoms with van der Waals surface area (Å²) in [5.41, 5.74) is 0. The lowest BCUT2D eigenvalue weighted by Crippen LogP contribution is -2.50. The number of carbonyl (C=O) groups is 1. The third-order valence-corrected chi connectivity index (χ3v) is 3.71. The summed E-state index contributed by atoms with van der Waals surface area (Å²) in [7, 11) is 0. The minimum absolute atomic E-state index is 0.120. The van der Waals surface area contributed by atoms with Crippen LogP contribution >= 0.6 is 0 Å². The molecule has 0 spiro atoms. The monoisotopic (exact) mass is 226 g/mol. The van der Waals surface area contributed by atoms with Crippen LogP contribution in [0.25, 0.3) is 0 Å². The van der Waals surface area contributed by atoms with Crippen molar-refractivity contribution in [1.29, 1.82) is 0 Å². The van der Waals surface area contributed by atoms with Crippen molar-refractivity contribution >= 4 is 5.91 Å². The van der Waals surface area contributed by atoms with Crippen LogP contribution in [0.2, 0.25) is 0 Å². The highest BCUT2D eigenvalue weighted by atomic mass is 16.3. The molecule has 1 saturated carbocycles. The molecular formula is C12H22N2O2. The number of piperidine rings is 1. The Hall–Kier alpha value is -0.610. The van der Waals surface area contributed by atoms with E-state index < -0.39 is 0 Å². The Kier molecular flexibility index (Phi) is 3.82. The average molecular weight is 226 g/mol. The molecule has 4 heteroatoms. The van der Waals surface area contributed by atoms with Crippen molar-refractivity contribution in [2.24, 2.45) is 5.92 Å². The maximum Gasteiger partial charge on any atom is 0.234 e. The Morgan fingerprint density at radius 1 is 1.44 bits per heavy atom. The predicted molar refractivity (Wildman–Crippen MR) is 62.0 cm³/mol. The number of aliphatic hydroxyl groups is 1. The van der Waals surface area contributed by atoms with Gasteiger partial charge >= 0.3 is 0 Å². The van der Waals surface area contributed by atoms with Gasteiger partial charge in [-0.05, 0) is 38.1 Å². The largest absolute Gasteiger partial charge is 0.395 e. The highest BCUT2D eigenvalue weighted by molar-refractivity contribution is 5.78. The topological polar surface area (TPSA) is 52.6 Å². The second-order valence-corrected chi connectivity index (χ2v) is 5.18. The quantitative estimate of drug-likeness (QED) is 0.727. The molecule has 1 aliphatic carbocycles. The van der Waals surface area contributed by atoms with Gasteiger partial charge in [-0.1, -0.05) is 6.92 Å². The fourth-order valence-corrected chi connectivity index (χ4v) is 2.51. The van der Waals surface area contributed by atoms with E-state index in [0.29, 0.717) is 18.5 Å². The van der Waals surface area contributed by atoms with Gasteiger partial charge < -0.3 is 10.4 Å². The van der Waals surface area contributed by atoms with Gasteiger partial charge in [-0.3, -0.25) is 9.69 Å². The Morgan fingerprint density at radius 3 is 2.81 bits per heavy atom. The Bertz CT molecular complexity index is 253. The van der Waals surface area contributed by atoms with Gasteiger partial charge in [0.2, 0.25) is 5.91 Å². The van der Waals surface area contributed by atoms with E-state index in [0.717, 1.165) is 32.2 Å². The highest BCUT2D eigenvalue weighted by Crippen LogP contribution is 2.23. The molecule has 0 aromatic rings. The smallest absolute Gasteiger partial charge is 0.234 e. The first kappa shape index (κ1) is 11.9. The summed E-state index contributed by atoms with van der Waals surface area (Å²) < 4.78 is 0. The lowest BCUT2D eigenvalue weighted by molar-refractivity contribution is -0.124. The molecule has 2 N–H and O–H groups in total. The third kappa shape index (κ3) is 2.95.